The van der Waals surface area contributed by atoms with Crippen molar-refractivity contribution in [2.45, 2.75) is 26.8 Å². The first-order valence-corrected chi connectivity index (χ1v) is 7.65. The van der Waals surface area contributed by atoms with Crippen LogP contribution in [-0.4, -0.2) is 6.54 Å². The summed E-state index contributed by atoms with van der Waals surface area (Å²) in [4.78, 5) is 0. The second-order valence-electron chi connectivity index (χ2n) is 5.09. The lowest BCUT2D eigenvalue weighted by Gasteiger charge is -2.22. The highest BCUT2D eigenvalue weighted by molar-refractivity contribution is 6.31. The summed E-state index contributed by atoms with van der Waals surface area (Å²) in [7, 11) is 0. The number of halogens is 3. The molecule has 0 aliphatic carbocycles. The summed E-state index contributed by atoms with van der Waals surface area (Å²) in [5.41, 5.74) is 3.61. The number of hydrogen-bond donors (Lipinski definition) is 1. The van der Waals surface area contributed by atoms with Crippen molar-refractivity contribution in [3.05, 3.63) is 68.4 Å². The summed E-state index contributed by atoms with van der Waals surface area (Å²) in [6.45, 7) is 6.70. The molecule has 2 aromatic rings. The summed E-state index contributed by atoms with van der Waals surface area (Å²) < 4.78 is 14.4. The Morgan fingerprint density at radius 2 is 1.71 bits per heavy atom. The average Bonchev–Trinajstić information content (AvgIpc) is 2.44. The topological polar surface area (TPSA) is 12.0 Å². The molecule has 2 aromatic carbocycles. The van der Waals surface area contributed by atoms with Gasteiger partial charge in [-0.2, -0.15) is 0 Å². The molecule has 0 saturated carbocycles. The lowest BCUT2D eigenvalue weighted by Crippen LogP contribution is -2.23. The third-order valence-electron chi connectivity index (χ3n) is 3.62. The average molecular weight is 326 g/mol. The van der Waals surface area contributed by atoms with Gasteiger partial charge in [-0.3, -0.25) is 0 Å². The first-order chi connectivity index (χ1) is 9.95. The molecular weight excluding hydrogens is 308 g/mol. The van der Waals surface area contributed by atoms with Crippen molar-refractivity contribution in [1.29, 1.82) is 0 Å². The molecule has 2 rings (SSSR count). The fourth-order valence-corrected chi connectivity index (χ4v) is 2.87. The van der Waals surface area contributed by atoms with E-state index in [1.54, 1.807) is 18.2 Å². The monoisotopic (exact) mass is 325 g/mol. The van der Waals surface area contributed by atoms with Crippen LogP contribution in [-0.2, 0) is 0 Å². The Hall–Kier alpha value is -1.09. The van der Waals surface area contributed by atoms with Crippen LogP contribution < -0.4 is 5.32 Å². The fraction of sp³-hybridized carbons (Fsp3) is 0.294. The zero-order chi connectivity index (χ0) is 15.6. The van der Waals surface area contributed by atoms with Crippen molar-refractivity contribution in [2.24, 2.45) is 0 Å². The van der Waals surface area contributed by atoms with Crippen molar-refractivity contribution >= 4 is 23.2 Å². The minimum absolute atomic E-state index is 0.121. The van der Waals surface area contributed by atoms with Gasteiger partial charge in [0.25, 0.3) is 0 Å². The zero-order valence-electron chi connectivity index (χ0n) is 12.3. The minimum Gasteiger partial charge on any atom is -0.306 e. The van der Waals surface area contributed by atoms with E-state index in [0.29, 0.717) is 17.1 Å². The van der Waals surface area contributed by atoms with Gasteiger partial charge in [-0.05, 0) is 49.2 Å². The molecule has 1 N–H and O–H groups in total. The van der Waals surface area contributed by atoms with Crippen molar-refractivity contribution in [2.75, 3.05) is 6.54 Å². The molecule has 1 atom stereocenters. The van der Waals surface area contributed by atoms with Crippen LogP contribution in [0.5, 0.6) is 0 Å². The number of rotatable bonds is 4. The standard InChI is InChI=1S/C17H18Cl2FN/c1-4-21-17(12-6-5-7-14(18)16(12)20)13-8-10(2)11(3)9-15(13)19/h5-9,17,21H,4H2,1-3H3. The van der Waals surface area contributed by atoms with Gasteiger partial charge in [-0.1, -0.05) is 48.3 Å². The molecule has 21 heavy (non-hydrogen) atoms. The normalized spacial score (nSPS) is 12.5. The number of aryl methyl sites for hydroxylation is 2. The number of nitrogens with one attached hydrogen (secondary N) is 1. The Morgan fingerprint density at radius 1 is 1.05 bits per heavy atom. The first-order valence-electron chi connectivity index (χ1n) is 6.89. The third-order valence-corrected chi connectivity index (χ3v) is 4.24. The molecule has 0 spiro atoms. The van der Waals surface area contributed by atoms with Crippen LogP contribution in [0.25, 0.3) is 0 Å². The Labute approximate surface area is 135 Å². The van der Waals surface area contributed by atoms with Crippen LogP contribution in [0, 0.1) is 19.7 Å². The molecule has 4 heteroatoms. The maximum absolute atomic E-state index is 14.4. The van der Waals surface area contributed by atoms with E-state index in [1.165, 1.54) is 0 Å². The van der Waals surface area contributed by atoms with Gasteiger partial charge in [0.2, 0.25) is 0 Å². The molecule has 0 bridgehead atoms. The van der Waals surface area contributed by atoms with Gasteiger partial charge in [0.05, 0.1) is 11.1 Å². The second-order valence-corrected chi connectivity index (χ2v) is 5.91. The Kier molecular flexibility index (Phi) is 5.26. The van der Waals surface area contributed by atoms with Crippen LogP contribution in [0.15, 0.2) is 30.3 Å². The molecule has 1 nitrogen and oxygen atoms in total. The van der Waals surface area contributed by atoms with E-state index >= 15 is 0 Å². The SMILES string of the molecule is CCNC(c1cc(C)c(C)cc1Cl)c1cccc(Cl)c1F. The second kappa shape index (κ2) is 6.78. The Morgan fingerprint density at radius 3 is 2.38 bits per heavy atom. The first kappa shape index (κ1) is 16.3. The van der Waals surface area contributed by atoms with Gasteiger partial charge in [0, 0.05) is 10.6 Å². The summed E-state index contributed by atoms with van der Waals surface area (Å²) in [5.74, 6) is -0.403. The van der Waals surface area contributed by atoms with Gasteiger partial charge >= 0.3 is 0 Å². The van der Waals surface area contributed by atoms with E-state index in [4.69, 9.17) is 23.2 Å². The largest absolute Gasteiger partial charge is 0.306 e. The van der Waals surface area contributed by atoms with E-state index in [1.807, 2.05) is 32.9 Å². The molecule has 0 radical (unpaired) electrons. The molecule has 0 aliphatic rings. The smallest absolute Gasteiger partial charge is 0.146 e. The lowest BCUT2D eigenvalue weighted by atomic mass is 9.95. The Balaban J connectivity index is 2.59. The van der Waals surface area contributed by atoms with Gasteiger partial charge < -0.3 is 5.32 Å². The van der Waals surface area contributed by atoms with Crippen LogP contribution in [0.3, 0.4) is 0 Å². The minimum atomic E-state index is -0.403. The van der Waals surface area contributed by atoms with Crippen LogP contribution in [0.2, 0.25) is 10.0 Å². The van der Waals surface area contributed by atoms with Gasteiger partial charge in [-0.25, -0.2) is 4.39 Å². The zero-order valence-corrected chi connectivity index (χ0v) is 13.8. The molecule has 0 amide bonds. The van der Waals surface area contributed by atoms with E-state index < -0.39 is 5.82 Å². The molecule has 0 fully saturated rings. The van der Waals surface area contributed by atoms with E-state index in [-0.39, 0.29) is 11.1 Å². The van der Waals surface area contributed by atoms with E-state index in [0.717, 1.165) is 16.7 Å². The highest BCUT2D eigenvalue weighted by Gasteiger charge is 2.21. The molecule has 112 valence electrons. The maximum atomic E-state index is 14.4. The number of hydrogen-bond acceptors (Lipinski definition) is 1. The van der Waals surface area contributed by atoms with Crippen LogP contribution in [0.1, 0.15) is 35.2 Å². The molecule has 0 saturated heterocycles. The van der Waals surface area contributed by atoms with Gasteiger partial charge in [0.1, 0.15) is 5.82 Å². The van der Waals surface area contributed by atoms with Crippen LogP contribution in [0.4, 0.5) is 4.39 Å². The van der Waals surface area contributed by atoms with Crippen LogP contribution >= 0.6 is 23.2 Å². The van der Waals surface area contributed by atoms with Crippen molar-refractivity contribution in [3.8, 4) is 0 Å². The quantitative estimate of drug-likeness (QED) is 0.788. The van der Waals surface area contributed by atoms with Gasteiger partial charge in [-0.15, -0.1) is 0 Å². The summed E-state index contributed by atoms with van der Waals surface area (Å²) in [6.07, 6.45) is 0. The van der Waals surface area contributed by atoms with Crippen molar-refractivity contribution in [1.82, 2.24) is 5.32 Å². The van der Waals surface area contributed by atoms with E-state index in [9.17, 15) is 4.39 Å². The van der Waals surface area contributed by atoms with E-state index in [2.05, 4.69) is 5.32 Å². The fourth-order valence-electron chi connectivity index (χ4n) is 2.36. The molecule has 0 heterocycles. The highest BCUT2D eigenvalue weighted by Crippen LogP contribution is 2.33. The Bertz CT molecular complexity index is 655. The molecule has 1 unspecified atom stereocenters. The predicted octanol–water partition coefficient (Wildman–Crippen LogP) is 5.45. The molecule has 0 aromatic heterocycles. The number of benzene rings is 2. The third kappa shape index (κ3) is 3.39. The summed E-state index contributed by atoms with van der Waals surface area (Å²) in [6, 6.07) is 8.64. The predicted molar refractivity (Wildman–Crippen MR) is 87.9 cm³/mol. The highest BCUT2D eigenvalue weighted by atomic mass is 35.5. The summed E-state index contributed by atoms with van der Waals surface area (Å²) in [5, 5.41) is 4.04. The molecular formula is C17H18Cl2FN. The lowest BCUT2D eigenvalue weighted by molar-refractivity contribution is 0.559. The molecule has 0 aliphatic heterocycles. The van der Waals surface area contributed by atoms with Gasteiger partial charge in [0.15, 0.2) is 0 Å². The van der Waals surface area contributed by atoms with Crippen molar-refractivity contribution in [3.63, 3.8) is 0 Å². The van der Waals surface area contributed by atoms with Crippen molar-refractivity contribution < 1.29 is 4.39 Å². The maximum Gasteiger partial charge on any atom is 0.146 e. The summed E-state index contributed by atoms with van der Waals surface area (Å²) >= 11 is 12.3.